The third-order valence-corrected chi connectivity index (χ3v) is 0. The van der Waals surface area contributed by atoms with E-state index in [0.29, 0.717) is 0 Å². The molecule has 8 N–H and O–H groups in total. The third-order valence-electron chi connectivity index (χ3n) is 0. The van der Waals surface area contributed by atoms with E-state index in [4.69, 9.17) is 17.5 Å². The fourth-order valence-corrected chi connectivity index (χ4v) is 0. The maximum atomic E-state index is 8.74. The second kappa shape index (κ2) is 7.31. The van der Waals surface area contributed by atoms with Crippen LogP contribution >= 0.6 is 0 Å². The summed E-state index contributed by atoms with van der Waals surface area (Å²) < 4.78 is 31.6. The summed E-state index contributed by atoms with van der Waals surface area (Å²) in [7, 11) is -4.67. The molecule has 56 valence electrons. The molecule has 6 nitrogen and oxygen atoms in total. The molecule has 0 radical (unpaired) electrons. The molecule has 0 rings (SSSR count). The van der Waals surface area contributed by atoms with Crippen molar-refractivity contribution >= 4 is 10.4 Å². The van der Waals surface area contributed by atoms with Gasteiger partial charge >= 0.3 is 10.4 Å². The van der Waals surface area contributed by atoms with Crippen molar-refractivity contribution in [2.24, 2.45) is 0 Å². The molecule has 0 aromatic carbocycles. The molecule has 0 bridgehead atoms. The Morgan fingerprint density at radius 2 is 1.00 bits per heavy atom. The van der Waals surface area contributed by atoms with Crippen LogP contribution < -0.4 is 12.3 Å². The molecule has 0 heterocycles. The molecular formula is H8FeN2O4S. The minimum Gasteiger partial charge on any atom is -0.344 e. The Hall–Kier alpha value is 0.309. The molecule has 0 amide bonds. The van der Waals surface area contributed by atoms with Crippen molar-refractivity contribution in [2.75, 3.05) is 0 Å². The monoisotopic (exact) mass is 188 g/mol. The van der Waals surface area contributed by atoms with E-state index in [2.05, 4.69) is 0 Å². The van der Waals surface area contributed by atoms with Crippen molar-refractivity contribution in [2.45, 2.75) is 0 Å². The summed E-state index contributed by atoms with van der Waals surface area (Å²) >= 11 is 0. The Bertz CT molecular complexity index is 97.2. The fourth-order valence-electron chi connectivity index (χ4n) is 0. The summed E-state index contributed by atoms with van der Waals surface area (Å²) in [5, 5.41) is 0. The predicted octanol–water partition coefficient (Wildman–Crippen LogP) is -0.331. The minimum absolute atomic E-state index is 0. The molecule has 0 aliphatic carbocycles. The van der Waals surface area contributed by atoms with Gasteiger partial charge in [-0.1, -0.05) is 0 Å². The van der Waals surface area contributed by atoms with Gasteiger partial charge in [0.25, 0.3) is 0 Å². The van der Waals surface area contributed by atoms with Crippen molar-refractivity contribution in [1.82, 2.24) is 12.3 Å². The normalized spacial score (nSPS) is 7.25. The average molecular weight is 188 g/mol. The van der Waals surface area contributed by atoms with E-state index < -0.39 is 10.4 Å². The molecule has 0 aromatic heterocycles. The minimum atomic E-state index is -4.67. The molecule has 0 fully saturated rings. The molecule has 8 heavy (non-hydrogen) atoms. The Kier molecular flexibility index (Phi) is 21.8. The largest absolute Gasteiger partial charge is 0.394 e. The first kappa shape index (κ1) is 23.9. The molecule has 0 aromatic rings. The standard InChI is InChI=1S/Fe.2H3N.H2O4S/c;;;1-5(2,3)4/h;2*1H3;(H2,1,2,3,4). The van der Waals surface area contributed by atoms with Crippen LogP contribution in [0.4, 0.5) is 0 Å². The summed E-state index contributed by atoms with van der Waals surface area (Å²) in [6, 6.07) is 0. The Morgan fingerprint density at radius 1 is 1.00 bits per heavy atom. The Balaban J connectivity index is -0.0000000267. The smallest absolute Gasteiger partial charge is 0.344 e. The van der Waals surface area contributed by atoms with E-state index in [0.717, 1.165) is 0 Å². The topological polar surface area (TPSA) is 145 Å². The van der Waals surface area contributed by atoms with Gasteiger partial charge in [0.15, 0.2) is 0 Å². The Labute approximate surface area is 57.9 Å². The van der Waals surface area contributed by atoms with Crippen LogP contribution in [-0.2, 0) is 27.5 Å². The van der Waals surface area contributed by atoms with Crippen LogP contribution in [0.5, 0.6) is 0 Å². The number of hydrogen-bond acceptors (Lipinski definition) is 4. The summed E-state index contributed by atoms with van der Waals surface area (Å²) in [6.07, 6.45) is 0. The predicted molar refractivity (Wildman–Crippen MR) is 24.2 cm³/mol. The third kappa shape index (κ3) is 1860. The van der Waals surface area contributed by atoms with Gasteiger partial charge in [0.2, 0.25) is 0 Å². The van der Waals surface area contributed by atoms with E-state index in [9.17, 15) is 0 Å². The average Bonchev–Trinajstić information content (AvgIpc) is 0.722. The van der Waals surface area contributed by atoms with Crippen LogP contribution in [0, 0.1) is 0 Å². The van der Waals surface area contributed by atoms with Gasteiger partial charge in [-0.05, 0) is 0 Å². The van der Waals surface area contributed by atoms with Crippen molar-refractivity contribution in [3.8, 4) is 0 Å². The second-order valence-corrected chi connectivity index (χ2v) is 1.34. The summed E-state index contributed by atoms with van der Waals surface area (Å²) in [5.41, 5.74) is 0. The SMILES string of the molecule is N.N.O=S(=O)(O)O.[Fe]. The Morgan fingerprint density at radius 3 is 1.00 bits per heavy atom. The van der Waals surface area contributed by atoms with Gasteiger partial charge < -0.3 is 12.3 Å². The van der Waals surface area contributed by atoms with Gasteiger partial charge in [-0.15, -0.1) is 0 Å². The van der Waals surface area contributed by atoms with Gasteiger partial charge in [-0.25, -0.2) is 0 Å². The van der Waals surface area contributed by atoms with Crippen molar-refractivity contribution in [3.63, 3.8) is 0 Å². The van der Waals surface area contributed by atoms with Gasteiger partial charge in [-0.3, -0.25) is 9.11 Å². The molecule has 0 saturated heterocycles. The first-order valence-electron chi connectivity index (χ1n) is 0.698. The van der Waals surface area contributed by atoms with E-state index in [1.807, 2.05) is 0 Å². The van der Waals surface area contributed by atoms with Gasteiger partial charge in [0, 0.05) is 17.1 Å². The molecule has 0 saturated carbocycles. The van der Waals surface area contributed by atoms with Crippen LogP contribution in [0.15, 0.2) is 0 Å². The first-order chi connectivity index (χ1) is 2.00. The van der Waals surface area contributed by atoms with Crippen molar-refractivity contribution < 1.29 is 34.6 Å². The van der Waals surface area contributed by atoms with Crippen LogP contribution in [0.3, 0.4) is 0 Å². The number of hydrogen-bond donors (Lipinski definition) is 4. The van der Waals surface area contributed by atoms with Crippen LogP contribution in [0.1, 0.15) is 0 Å². The molecule has 8 heteroatoms. The molecular weight excluding hydrogens is 180 g/mol. The van der Waals surface area contributed by atoms with Crippen LogP contribution in [0.25, 0.3) is 0 Å². The zero-order valence-corrected chi connectivity index (χ0v) is 5.81. The van der Waals surface area contributed by atoms with Crippen molar-refractivity contribution in [3.05, 3.63) is 0 Å². The molecule has 0 aliphatic heterocycles. The van der Waals surface area contributed by atoms with Gasteiger partial charge in [0.1, 0.15) is 0 Å². The van der Waals surface area contributed by atoms with Crippen LogP contribution in [-0.4, -0.2) is 17.5 Å². The summed E-state index contributed by atoms with van der Waals surface area (Å²) in [5.74, 6) is 0. The maximum absolute atomic E-state index is 8.74. The summed E-state index contributed by atoms with van der Waals surface area (Å²) in [6.45, 7) is 0. The zero-order chi connectivity index (χ0) is 4.50. The van der Waals surface area contributed by atoms with Gasteiger partial charge in [0.05, 0.1) is 0 Å². The van der Waals surface area contributed by atoms with E-state index in [1.165, 1.54) is 0 Å². The van der Waals surface area contributed by atoms with Crippen LogP contribution in [0.2, 0.25) is 0 Å². The summed E-state index contributed by atoms with van der Waals surface area (Å²) in [4.78, 5) is 0. The second-order valence-electron chi connectivity index (χ2n) is 0.448. The zero-order valence-electron chi connectivity index (χ0n) is 3.89. The quantitative estimate of drug-likeness (QED) is 0.302. The molecule has 0 unspecified atom stereocenters. The fraction of sp³-hybridized carbons (Fsp3) is 0. The number of rotatable bonds is 0. The molecule has 0 spiro atoms. The first-order valence-corrected chi connectivity index (χ1v) is 2.10. The molecule has 0 aliphatic rings. The molecule has 0 atom stereocenters. The van der Waals surface area contributed by atoms with E-state index >= 15 is 0 Å². The van der Waals surface area contributed by atoms with Crippen molar-refractivity contribution in [1.29, 1.82) is 0 Å². The van der Waals surface area contributed by atoms with E-state index in [1.54, 1.807) is 0 Å². The van der Waals surface area contributed by atoms with E-state index in [-0.39, 0.29) is 29.4 Å². The maximum Gasteiger partial charge on any atom is 0.394 e. The van der Waals surface area contributed by atoms with Gasteiger partial charge in [-0.2, -0.15) is 8.42 Å².